The summed E-state index contributed by atoms with van der Waals surface area (Å²) in [5.41, 5.74) is 11.3. The molecule has 6 rings (SSSR count). The molecule has 0 aromatic heterocycles. The van der Waals surface area contributed by atoms with Crippen molar-refractivity contribution in [1.82, 2.24) is 0 Å². The summed E-state index contributed by atoms with van der Waals surface area (Å²) in [6.45, 7) is 0. The molecule has 0 N–H and O–H groups in total. The van der Waals surface area contributed by atoms with Crippen LogP contribution in [0.15, 0.2) is 126 Å². The van der Waals surface area contributed by atoms with Gasteiger partial charge in [-0.2, -0.15) is 0 Å². The van der Waals surface area contributed by atoms with E-state index in [2.05, 4.69) is 103 Å². The number of nitrogens with zero attached hydrogens (tertiary/aromatic N) is 1. The zero-order valence-corrected chi connectivity index (χ0v) is 17.8. The van der Waals surface area contributed by atoms with Crippen LogP contribution < -0.4 is 0 Å². The van der Waals surface area contributed by atoms with Crippen molar-refractivity contribution in [2.75, 3.05) is 0 Å². The number of aliphatic imine (C=N–C) groups is 1. The molecule has 1 atom stereocenters. The summed E-state index contributed by atoms with van der Waals surface area (Å²) in [5, 5.41) is 0. The third kappa shape index (κ3) is 3.23. The number of para-hydroxylation sites is 1. The molecular weight excluding hydrogens is 386 g/mol. The maximum absolute atomic E-state index is 5.02. The molecule has 0 bridgehead atoms. The van der Waals surface area contributed by atoms with Crippen LogP contribution in [0.4, 0.5) is 5.69 Å². The van der Waals surface area contributed by atoms with Crippen molar-refractivity contribution in [1.29, 1.82) is 0 Å². The van der Waals surface area contributed by atoms with E-state index in [9.17, 15) is 0 Å². The van der Waals surface area contributed by atoms with E-state index in [4.69, 9.17) is 4.99 Å². The van der Waals surface area contributed by atoms with Gasteiger partial charge in [0.2, 0.25) is 0 Å². The molecule has 0 radical (unpaired) electrons. The van der Waals surface area contributed by atoms with Gasteiger partial charge >= 0.3 is 0 Å². The quantitative estimate of drug-likeness (QED) is 0.329. The standard InChI is InChI=1S/C31H23N/c1-3-12-23(13-4-1)31(28-20-19-22-11-7-8-16-25(22)28)29-21-30(27-18-10-9-17-26(27)29)32-24-14-5-2-6-15-24/h1-18,20-21,31H,19H2. The van der Waals surface area contributed by atoms with E-state index in [1.165, 1.54) is 39.0 Å². The summed E-state index contributed by atoms with van der Waals surface area (Å²) in [6.07, 6.45) is 5.71. The predicted molar refractivity (Wildman–Crippen MR) is 134 cm³/mol. The summed E-state index contributed by atoms with van der Waals surface area (Å²) >= 11 is 0. The Bertz CT molecular complexity index is 1370. The van der Waals surface area contributed by atoms with Crippen molar-refractivity contribution in [3.8, 4) is 0 Å². The molecule has 0 saturated carbocycles. The van der Waals surface area contributed by atoms with Crippen molar-refractivity contribution in [3.05, 3.63) is 149 Å². The topological polar surface area (TPSA) is 12.4 Å². The molecule has 0 spiro atoms. The molecule has 1 nitrogen and oxygen atoms in total. The van der Waals surface area contributed by atoms with Crippen molar-refractivity contribution in [3.63, 3.8) is 0 Å². The number of benzene rings is 4. The molecule has 0 heterocycles. The van der Waals surface area contributed by atoms with Gasteiger partial charge in [0, 0.05) is 11.5 Å². The normalized spacial score (nSPS) is 16.3. The second kappa shape index (κ2) is 7.94. The summed E-state index contributed by atoms with van der Waals surface area (Å²) in [6, 6.07) is 38.6. The molecule has 0 aliphatic heterocycles. The van der Waals surface area contributed by atoms with Gasteiger partial charge in [0.25, 0.3) is 0 Å². The van der Waals surface area contributed by atoms with Crippen LogP contribution in [0.3, 0.4) is 0 Å². The lowest BCUT2D eigenvalue weighted by atomic mass is 9.80. The monoisotopic (exact) mass is 409 g/mol. The highest BCUT2D eigenvalue weighted by molar-refractivity contribution is 6.22. The van der Waals surface area contributed by atoms with Crippen LogP contribution in [-0.2, 0) is 6.42 Å². The molecule has 0 amide bonds. The first-order valence-corrected chi connectivity index (χ1v) is 11.2. The fraction of sp³-hybridized carbons (Fsp3) is 0.0645. The Morgan fingerprint density at radius 2 is 1.19 bits per heavy atom. The minimum Gasteiger partial charge on any atom is -0.248 e. The summed E-state index contributed by atoms with van der Waals surface area (Å²) in [5.74, 6) is 0.171. The van der Waals surface area contributed by atoms with Crippen LogP contribution in [0, 0.1) is 0 Å². The van der Waals surface area contributed by atoms with Gasteiger partial charge in [0.1, 0.15) is 0 Å². The third-order valence-electron chi connectivity index (χ3n) is 6.44. The molecule has 4 aromatic carbocycles. The molecule has 0 saturated heterocycles. The van der Waals surface area contributed by atoms with Crippen LogP contribution in [0.1, 0.15) is 33.7 Å². The average Bonchev–Trinajstić information content (AvgIpc) is 3.44. The first-order valence-electron chi connectivity index (χ1n) is 11.2. The molecule has 152 valence electrons. The van der Waals surface area contributed by atoms with Gasteiger partial charge in [0.15, 0.2) is 0 Å². The Labute approximate surface area is 189 Å². The van der Waals surface area contributed by atoms with E-state index in [0.29, 0.717) is 0 Å². The second-order valence-corrected chi connectivity index (χ2v) is 8.34. The highest BCUT2D eigenvalue weighted by Gasteiger charge is 2.31. The van der Waals surface area contributed by atoms with E-state index >= 15 is 0 Å². The Hall–Kier alpha value is -3.97. The predicted octanol–water partition coefficient (Wildman–Crippen LogP) is 7.63. The van der Waals surface area contributed by atoms with E-state index in [0.717, 1.165) is 17.8 Å². The van der Waals surface area contributed by atoms with Crippen LogP contribution in [0.25, 0.3) is 11.1 Å². The number of fused-ring (bicyclic) bond motifs is 2. The zero-order valence-electron chi connectivity index (χ0n) is 17.8. The summed E-state index contributed by atoms with van der Waals surface area (Å²) in [7, 11) is 0. The largest absolute Gasteiger partial charge is 0.248 e. The van der Waals surface area contributed by atoms with E-state index in [1.807, 2.05) is 18.2 Å². The van der Waals surface area contributed by atoms with Gasteiger partial charge < -0.3 is 0 Å². The number of allylic oxidation sites excluding steroid dienone is 4. The molecule has 1 unspecified atom stereocenters. The van der Waals surface area contributed by atoms with Gasteiger partial charge in [-0.1, -0.05) is 103 Å². The molecule has 2 aliphatic rings. The molecule has 32 heavy (non-hydrogen) atoms. The third-order valence-corrected chi connectivity index (χ3v) is 6.44. The minimum atomic E-state index is 0.171. The van der Waals surface area contributed by atoms with Gasteiger partial charge in [-0.15, -0.1) is 0 Å². The molecule has 1 heteroatoms. The van der Waals surface area contributed by atoms with Gasteiger partial charge in [-0.3, -0.25) is 0 Å². The SMILES string of the molecule is C1=C(C(C2=CC(=Nc3ccccc3)c3ccccc32)c2ccccc2)c2ccccc2C1. The van der Waals surface area contributed by atoms with Crippen LogP contribution in [-0.4, -0.2) is 5.71 Å². The van der Waals surface area contributed by atoms with E-state index in [1.54, 1.807) is 0 Å². The first-order chi connectivity index (χ1) is 15.9. The maximum Gasteiger partial charge on any atom is 0.0718 e. The molecule has 2 aliphatic carbocycles. The number of rotatable bonds is 4. The molecule has 4 aromatic rings. The van der Waals surface area contributed by atoms with Crippen LogP contribution in [0.2, 0.25) is 0 Å². The molecule has 0 fully saturated rings. The van der Waals surface area contributed by atoms with Crippen molar-refractivity contribution < 1.29 is 0 Å². The van der Waals surface area contributed by atoms with Gasteiger partial charge in [-0.05, 0) is 58.0 Å². The fourth-order valence-corrected chi connectivity index (χ4v) is 4.99. The lowest BCUT2D eigenvalue weighted by molar-refractivity contribution is 1.13. The summed E-state index contributed by atoms with van der Waals surface area (Å²) < 4.78 is 0. The van der Waals surface area contributed by atoms with Crippen LogP contribution >= 0.6 is 0 Å². The van der Waals surface area contributed by atoms with Gasteiger partial charge in [-0.25, -0.2) is 4.99 Å². The maximum atomic E-state index is 5.02. The average molecular weight is 410 g/mol. The number of hydrogen-bond acceptors (Lipinski definition) is 1. The Morgan fingerprint density at radius 3 is 1.97 bits per heavy atom. The molecular formula is C31H23N. The highest BCUT2D eigenvalue weighted by Crippen LogP contribution is 2.48. The Balaban J connectivity index is 1.55. The number of hydrogen-bond donors (Lipinski definition) is 0. The Kier molecular flexibility index (Phi) is 4.66. The zero-order chi connectivity index (χ0) is 21.3. The van der Waals surface area contributed by atoms with Crippen molar-refractivity contribution in [2.24, 2.45) is 4.99 Å². The smallest absolute Gasteiger partial charge is 0.0718 e. The van der Waals surface area contributed by atoms with E-state index < -0.39 is 0 Å². The van der Waals surface area contributed by atoms with Gasteiger partial charge in [0.05, 0.1) is 11.4 Å². The highest BCUT2D eigenvalue weighted by atomic mass is 14.7. The van der Waals surface area contributed by atoms with Crippen LogP contribution in [0.5, 0.6) is 0 Å². The summed E-state index contributed by atoms with van der Waals surface area (Å²) in [4.78, 5) is 5.02. The minimum absolute atomic E-state index is 0.171. The fourth-order valence-electron chi connectivity index (χ4n) is 4.99. The van der Waals surface area contributed by atoms with Crippen molar-refractivity contribution >= 4 is 22.5 Å². The first kappa shape index (κ1) is 18.8. The lowest BCUT2D eigenvalue weighted by Gasteiger charge is -2.23. The Morgan fingerprint density at radius 1 is 0.562 bits per heavy atom. The lowest BCUT2D eigenvalue weighted by Crippen LogP contribution is -2.04. The van der Waals surface area contributed by atoms with E-state index in [-0.39, 0.29) is 5.92 Å². The van der Waals surface area contributed by atoms with Crippen molar-refractivity contribution in [2.45, 2.75) is 12.3 Å². The second-order valence-electron chi connectivity index (χ2n) is 8.34.